The van der Waals surface area contributed by atoms with Crippen LogP contribution in [-0.2, 0) is 0 Å². The molecule has 0 aromatic rings. The Balaban J connectivity index is 2.31. The SMILES string of the molecule is C[Se]C(=[Se])N1CCCCC1. The molecule has 0 aliphatic carbocycles. The summed E-state index contributed by atoms with van der Waals surface area (Å²) < 4.78 is 1.51. The molecule has 1 aliphatic heterocycles. The quantitative estimate of drug-likeness (QED) is 0.659. The molecule has 0 spiro atoms. The van der Waals surface area contributed by atoms with Crippen LogP contribution in [0.3, 0.4) is 0 Å². The summed E-state index contributed by atoms with van der Waals surface area (Å²) in [6.45, 7) is 2.58. The van der Waals surface area contributed by atoms with Crippen molar-refractivity contribution < 1.29 is 0 Å². The predicted octanol–water partition coefficient (Wildman–Crippen LogP) is 0.480. The van der Waals surface area contributed by atoms with E-state index in [4.69, 9.17) is 0 Å². The monoisotopic (exact) mass is 271 g/mol. The van der Waals surface area contributed by atoms with E-state index in [-0.39, 0.29) is 0 Å². The van der Waals surface area contributed by atoms with Crippen LogP contribution in [-0.4, -0.2) is 52.0 Å². The van der Waals surface area contributed by atoms with Gasteiger partial charge < -0.3 is 0 Å². The van der Waals surface area contributed by atoms with Gasteiger partial charge in [0.15, 0.2) is 0 Å². The number of rotatable bonds is 2. The van der Waals surface area contributed by atoms with Crippen molar-refractivity contribution in [2.75, 3.05) is 13.1 Å². The molecule has 0 aromatic carbocycles. The van der Waals surface area contributed by atoms with Gasteiger partial charge in [-0.1, -0.05) is 0 Å². The van der Waals surface area contributed by atoms with E-state index in [2.05, 4.69) is 26.3 Å². The van der Waals surface area contributed by atoms with Gasteiger partial charge in [-0.2, -0.15) is 0 Å². The van der Waals surface area contributed by atoms with Crippen LogP contribution in [0.1, 0.15) is 19.3 Å². The Morgan fingerprint density at radius 1 is 1.30 bits per heavy atom. The second-order valence-corrected chi connectivity index (χ2v) is 6.31. The van der Waals surface area contributed by atoms with Crippen LogP contribution >= 0.6 is 0 Å². The molecule has 1 heterocycles. The Labute approximate surface area is 77.1 Å². The van der Waals surface area contributed by atoms with Gasteiger partial charge in [0.25, 0.3) is 0 Å². The molecule has 1 fully saturated rings. The molecular weight excluding hydrogens is 256 g/mol. The van der Waals surface area contributed by atoms with Gasteiger partial charge in [0.05, 0.1) is 0 Å². The molecule has 1 saturated heterocycles. The molecule has 0 bridgehead atoms. The van der Waals surface area contributed by atoms with Gasteiger partial charge in [0.2, 0.25) is 0 Å². The van der Waals surface area contributed by atoms with Crippen LogP contribution < -0.4 is 0 Å². The Bertz CT molecular complexity index is 119. The summed E-state index contributed by atoms with van der Waals surface area (Å²) in [6.07, 6.45) is 4.21. The normalized spacial score (nSPS) is 19.1. The van der Waals surface area contributed by atoms with Crippen LogP contribution in [0.2, 0.25) is 5.82 Å². The Morgan fingerprint density at radius 3 is 2.40 bits per heavy atom. The molecule has 0 aromatic heterocycles. The average Bonchev–Trinajstić information content (AvgIpc) is 2.05. The summed E-state index contributed by atoms with van der Waals surface area (Å²) in [5.74, 6) is 2.27. The van der Waals surface area contributed by atoms with Gasteiger partial charge in [-0.25, -0.2) is 0 Å². The molecule has 10 heavy (non-hydrogen) atoms. The summed E-state index contributed by atoms with van der Waals surface area (Å²) >= 11 is 3.84. The van der Waals surface area contributed by atoms with Gasteiger partial charge in [0.1, 0.15) is 0 Å². The van der Waals surface area contributed by atoms with E-state index in [0.29, 0.717) is 15.0 Å². The van der Waals surface area contributed by atoms with E-state index in [1.54, 1.807) is 0 Å². The first-order valence-corrected chi connectivity index (χ1v) is 7.10. The molecule has 0 atom stereocenters. The second kappa shape index (κ2) is 4.56. The van der Waals surface area contributed by atoms with Crippen molar-refractivity contribution in [3.63, 3.8) is 0 Å². The molecule has 58 valence electrons. The van der Waals surface area contributed by atoms with Crippen molar-refractivity contribution in [2.24, 2.45) is 0 Å². The van der Waals surface area contributed by atoms with E-state index in [0.717, 1.165) is 0 Å². The maximum absolute atomic E-state index is 3.17. The van der Waals surface area contributed by atoms with E-state index in [1.165, 1.54) is 35.8 Å². The zero-order valence-corrected chi connectivity index (χ0v) is 9.73. The van der Waals surface area contributed by atoms with Gasteiger partial charge >= 0.3 is 77.0 Å². The zero-order valence-electron chi connectivity index (χ0n) is 6.30. The first-order valence-electron chi connectivity index (χ1n) is 3.67. The number of likely N-dealkylation sites (tertiary alicyclic amines) is 1. The van der Waals surface area contributed by atoms with E-state index in [1.807, 2.05) is 0 Å². The molecule has 1 aliphatic rings. The third-order valence-corrected chi connectivity index (χ3v) is 5.42. The average molecular weight is 269 g/mol. The fraction of sp³-hybridized carbons (Fsp3) is 0.857. The Hall–Kier alpha value is 0.709. The summed E-state index contributed by atoms with van der Waals surface area (Å²) in [5, 5.41) is 0. The fourth-order valence-corrected chi connectivity index (χ4v) is 2.51. The molecule has 0 amide bonds. The van der Waals surface area contributed by atoms with Gasteiger partial charge in [-0.05, 0) is 0 Å². The van der Waals surface area contributed by atoms with Crippen molar-refractivity contribution in [1.82, 2.24) is 4.90 Å². The molecule has 1 rings (SSSR count). The topological polar surface area (TPSA) is 3.24 Å². The third-order valence-electron chi connectivity index (χ3n) is 1.79. The predicted molar refractivity (Wildman–Crippen MR) is 47.8 cm³/mol. The summed E-state index contributed by atoms with van der Waals surface area (Å²) in [6, 6.07) is 0. The number of nitrogens with zero attached hydrogens (tertiary/aromatic N) is 1. The molecule has 1 nitrogen and oxygen atoms in total. The van der Waals surface area contributed by atoms with Crippen LogP contribution in [0.4, 0.5) is 0 Å². The summed E-state index contributed by atoms with van der Waals surface area (Å²) in [4.78, 5) is 2.50. The Kier molecular flexibility index (Phi) is 4.01. The summed E-state index contributed by atoms with van der Waals surface area (Å²) in [5.41, 5.74) is 0. The van der Waals surface area contributed by atoms with Crippen molar-refractivity contribution in [2.45, 2.75) is 25.1 Å². The first kappa shape index (κ1) is 8.80. The number of piperidine rings is 1. The standard InChI is InChI=1S/C7H13NSe2/c1-10-7(9)8-5-3-2-4-6-8/h2-6H2,1H3. The van der Waals surface area contributed by atoms with Crippen molar-refractivity contribution >= 4 is 34.0 Å². The number of hydrogen-bond acceptors (Lipinski definition) is 1. The van der Waals surface area contributed by atoms with Crippen LogP contribution in [0.5, 0.6) is 0 Å². The Morgan fingerprint density at radius 2 is 1.90 bits per heavy atom. The third kappa shape index (κ3) is 2.39. The van der Waals surface area contributed by atoms with E-state index >= 15 is 0 Å². The van der Waals surface area contributed by atoms with Crippen molar-refractivity contribution in [3.05, 3.63) is 0 Å². The van der Waals surface area contributed by atoms with Gasteiger partial charge in [0, 0.05) is 0 Å². The zero-order chi connectivity index (χ0) is 7.40. The fourth-order valence-electron chi connectivity index (χ4n) is 1.21. The van der Waals surface area contributed by atoms with Gasteiger partial charge in [-0.3, -0.25) is 0 Å². The van der Waals surface area contributed by atoms with E-state index < -0.39 is 0 Å². The van der Waals surface area contributed by atoms with Crippen LogP contribution in [0.15, 0.2) is 0 Å². The molecule has 3 heteroatoms. The van der Waals surface area contributed by atoms with Crippen molar-refractivity contribution in [1.29, 1.82) is 0 Å². The molecular formula is C7H13NSe2. The summed E-state index contributed by atoms with van der Waals surface area (Å²) in [7, 11) is 0. The molecule has 0 radical (unpaired) electrons. The number of hydrogen-bond donors (Lipinski definition) is 0. The second-order valence-electron chi connectivity index (χ2n) is 2.52. The van der Waals surface area contributed by atoms with Crippen LogP contribution in [0.25, 0.3) is 0 Å². The minimum atomic E-state index is 0.678. The molecule has 0 unspecified atom stereocenters. The van der Waals surface area contributed by atoms with Gasteiger partial charge in [-0.15, -0.1) is 0 Å². The first-order chi connectivity index (χ1) is 4.84. The molecule has 0 N–H and O–H groups in total. The minimum absolute atomic E-state index is 0.678. The van der Waals surface area contributed by atoms with E-state index in [9.17, 15) is 0 Å². The maximum atomic E-state index is 3.17. The van der Waals surface area contributed by atoms with Crippen molar-refractivity contribution in [3.8, 4) is 0 Å². The molecule has 0 saturated carbocycles. The van der Waals surface area contributed by atoms with Crippen LogP contribution in [0, 0.1) is 0 Å².